The Morgan fingerprint density at radius 2 is 2.17 bits per heavy atom. The van der Waals surface area contributed by atoms with E-state index in [1.54, 1.807) is 0 Å². The Labute approximate surface area is 106 Å². The van der Waals surface area contributed by atoms with Gasteiger partial charge in [0, 0.05) is 13.2 Å². The van der Waals surface area contributed by atoms with E-state index in [9.17, 15) is 12.8 Å². The second kappa shape index (κ2) is 5.77. The molecule has 18 heavy (non-hydrogen) atoms. The highest BCUT2D eigenvalue weighted by Crippen LogP contribution is 2.16. The van der Waals surface area contributed by atoms with Gasteiger partial charge >= 0.3 is 0 Å². The monoisotopic (exact) mass is 273 g/mol. The van der Waals surface area contributed by atoms with Crippen LogP contribution in [-0.4, -0.2) is 28.2 Å². The molecule has 1 aliphatic rings. The van der Waals surface area contributed by atoms with E-state index in [0.717, 1.165) is 25.5 Å². The quantitative estimate of drug-likeness (QED) is 0.905. The molecule has 1 aromatic carbocycles. The van der Waals surface area contributed by atoms with Crippen LogP contribution in [0.3, 0.4) is 0 Å². The van der Waals surface area contributed by atoms with E-state index in [1.165, 1.54) is 18.2 Å². The molecule has 0 saturated carbocycles. The summed E-state index contributed by atoms with van der Waals surface area (Å²) in [6, 6.07) is 5.36. The molecule has 1 aliphatic heterocycles. The van der Waals surface area contributed by atoms with Gasteiger partial charge in [0.1, 0.15) is 10.7 Å². The molecule has 0 amide bonds. The van der Waals surface area contributed by atoms with Gasteiger partial charge in [0.15, 0.2) is 0 Å². The Kier molecular flexibility index (Phi) is 4.31. The van der Waals surface area contributed by atoms with Crippen LogP contribution in [0.5, 0.6) is 0 Å². The molecule has 6 heteroatoms. The SMILES string of the molecule is O=S(=O)(NCC1CCCOC1)c1ccccc1F. The molecule has 0 aliphatic carbocycles. The molecule has 1 saturated heterocycles. The smallest absolute Gasteiger partial charge is 0.243 e. The highest BCUT2D eigenvalue weighted by Gasteiger charge is 2.21. The minimum Gasteiger partial charge on any atom is -0.381 e. The number of rotatable bonds is 4. The Morgan fingerprint density at radius 3 is 2.83 bits per heavy atom. The molecule has 1 aromatic rings. The van der Waals surface area contributed by atoms with Crippen LogP contribution in [0.1, 0.15) is 12.8 Å². The van der Waals surface area contributed by atoms with Crippen LogP contribution >= 0.6 is 0 Å². The van der Waals surface area contributed by atoms with Crippen molar-refractivity contribution in [3.8, 4) is 0 Å². The molecule has 2 rings (SSSR count). The Hall–Kier alpha value is -0.980. The van der Waals surface area contributed by atoms with Crippen molar-refractivity contribution in [2.75, 3.05) is 19.8 Å². The molecule has 1 unspecified atom stereocenters. The maximum absolute atomic E-state index is 13.4. The fraction of sp³-hybridized carbons (Fsp3) is 0.500. The molecule has 1 N–H and O–H groups in total. The van der Waals surface area contributed by atoms with Crippen molar-refractivity contribution >= 4 is 10.0 Å². The second-order valence-electron chi connectivity index (χ2n) is 4.37. The summed E-state index contributed by atoms with van der Waals surface area (Å²) in [5, 5.41) is 0. The van der Waals surface area contributed by atoms with Gasteiger partial charge in [-0.2, -0.15) is 0 Å². The summed E-state index contributed by atoms with van der Waals surface area (Å²) >= 11 is 0. The molecular weight excluding hydrogens is 257 g/mol. The van der Waals surface area contributed by atoms with Gasteiger partial charge in [-0.1, -0.05) is 12.1 Å². The van der Waals surface area contributed by atoms with E-state index >= 15 is 0 Å². The Bertz CT molecular complexity index is 498. The molecule has 100 valence electrons. The summed E-state index contributed by atoms with van der Waals surface area (Å²) in [5.41, 5.74) is 0. The highest BCUT2D eigenvalue weighted by molar-refractivity contribution is 7.89. The highest BCUT2D eigenvalue weighted by atomic mass is 32.2. The van der Waals surface area contributed by atoms with E-state index in [2.05, 4.69) is 4.72 Å². The van der Waals surface area contributed by atoms with Crippen molar-refractivity contribution in [2.24, 2.45) is 5.92 Å². The predicted octanol–water partition coefficient (Wildman–Crippen LogP) is 1.53. The first-order valence-electron chi connectivity index (χ1n) is 5.91. The van der Waals surface area contributed by atoms with Gasteiger partial charge in [0.2, 0.25) is 10.0 Å². The second-order valence-corrected chi connectivity index (χ2v) is 6.10. The zero-order valence-electron chi connectivity index (χ0n) is 9.93. The van der Waals surface area contributed by atoms with Crippen LogP contribution in [0.25, 0.3) is 0 Å². The number of hydrogen-bond donors (Lipinski definition) is 1. The zero-order valence-corrected chi connectivity index (χ0v) is 10.7. The lowest BCUT2D eigenvalue weighted by Gasteiger charge is -2.22. The van der Waals surface area contributed by atoms with Gasteiger partial charge in [-0.15, -0.1) is 0 Å². The number of benzene rings is 1. The summed E-state index contributed by atoms with van der Waals surface area (Å²) in [6.45, 7) is 1.58. The molecular formula is C12H16FNO3S. The van der Waals surface area contributed by atoms with Crippen LogP contribution in [-0.2, 0) is 14.8 Å². The van der Waals surface area contributed by atoms with Crippen LogP contribution in [0.4, 0.5) is 4.39 Å². The van der Waals surface area contributed by atoms with Crippen LogP contribution in [0.15, 0.2) is 29.2 Å². The summed E-state index contributed by atoms with van der Waals surface area (Å²) < 4.78 is 44.9. The van der Waals surface area contributed by atoms with Gasteiger partial charge in [-0.05, 0) is 30.9 Å². The van der Waals surface area contributed by atoms with Crippen molar-refractivity contribution in [2.45, 2.75) is 17.7 Å². The Morgan fingerprint density at radius 1 is 1.39 bits per heavy atom. The third-order valence-electron chi connectivity index (χ3n) is 2.94. The van der Waals surface area contributed by atoms with Crippen LogP contribution in [0.2, 0.25) is 0 Å². The zero-order chi connectivity index (χ0) is 13.0. The average Bonchev–Trinajstić information content (AvgIpc) is 2.38. The fourth-order valence-electron chi connectivity index (χ4n) is 1.94. The third kappa shape index (κ3) is 3.28. The minimum absolute atomic E-state index is 0.167. The Balaban J connectivity index is 2.01. The first-order chi connectivity index (χ1) is 8.59. The number of nitrogens with one attached hydrogen (secondary N) is 1. The first kappa shape index (κ1) is 13.5. The molecule has 1 fully saturated rings. The lowest BCUT2D eigenvalue weighted by molar-refractivity contribution is 0.0568. The minimum atomic E-state index is -3.77. The molecule has 0 bridgehead atoms. The molecule has 0 radical (unpaired) electrons. The first-order valence-corrected chi connectivity index (χ1v) is 7.40. The molecule has 1 atom stereocenters. The third-order valence-corrected chi connectivity index (χ3v) is 4.40. The van der Waals surface area contributed by atoms with E-state index in [1.807, 2.05) is 0 Å². The lowest BCUT2D eigenvalue weighted by Crippen LogP contribution is -2.33. The maximum Gasteiger partial charge on any atom is 0.243 e. The molecule has 0 spiro atoms. The standard InChI is InChI=1S/C12H16FNO3S/c13-11-5-1-2-6-12(11)18(15,16)14-8-10-4-3-7-17-9-10/h1-2,5-6,10,14H,3-4,7-9H2. The number of halogens is 1. The number of hydrogen-bond acceptors (Lipinski definition) is 3. The number of sulfonamides is 1. The van der Waals surface area contributed by atoms with Gasteiger partial charge in [0.05, 0.1) is 6.61 Å². The van der Waals surface area contributed by atoms with Crippen LogP contribution < -0.4 is 4.72 Å². The van der Waals surface area contributed by atoms with E-state index in [4.69, 9.17) is 4.74 Å². The lowest BCUT2D eigenvalue weighted by atomic mass is 10.0. The van der Waals surface area contributed by atoms with Crippen molar-refractivity contribution < 1.29 is 17.5 Å². The molecule has 1 heterocycles. The molecule has 0 aromatic heterocycles. The number of ether oxygens (including phenoxy) is 1. The van der Waals surface area contributed by atoms with Gasteiger partial charge < -0.3 is 4.74 Å². The van der Waals surface area contributed by atoms with Crippen LogP contribution in [0, 0.1) is 11.7 Å². The summed E-state index contributed by atoms with van der Waals surface area (Å²) in [5.74, 6) is -0.565. The van der Waals surface area contributed by atoms with Gasteiger partial charge in [0.25, 0.3) is 0 Å². The van der Waals surface area contributed by atoms with Crippen molar-refractivity contribution in [1.82, 2.24) is 4.72 Å². The summed E-state index contributed by atoms with van der Waals surface area (Å²) in [4.78, 5) is -0.304. The van der Waals surface area contributed by atoms with Gasteiger partial charge in [-0.25, -0.2) is 17.5 Å². The average molecular weight is 273 g/mol. The van der Waals surface area contributed by atoms with Crippen molar-refractivity contribution in [3.05, 3.63) is 30.1 Å². The summed E-state index contributed by atoms with van der Waals surface area (Å²) in [6.07, 6.45) is 1.87. The predicted molar refractivity (Wildman–Crippen MR) is 65.1 cm³/mol. The van der Waals surface area contributed by atoms with E-state index in [0.29, 0.717) is 6.61 Å². The van der Waals surface area contributed by atoms with E-state index in [-0.39, 0.29) is 17.4 Å². The molecule has 4 nitrogen and oxygen atoms in total. The van der Waals surface area contributed by atoms with Crippen molar-refractivity contribution in [3.63, 3.8) is 0 Å². The summed E-state index contributed by atoms with van der Waals surface area (Å²) in [7, 11) is -3.77. The van der Waals surface area contributed by atoms with E-state index < -0.39 is 15.8 Å². The van der Waals surface area contributed by atoms with Gasteiger partial charge in [-0.3, -0.25) is 0 Å². The normalized spacial score (nSPS) is 20.8. The van der Waals surface area contributed by atoms with Crippen molar-refractivity contribution in [1.29, 1.82) is 0 Å². The fourth-order valence-corrected chi connectivity index (χ4v) is 3.13. The largest absolute Gasteiger partial charge is 0.381 e. The topological polar surface area (TPSA) is 55.4 Å². The maximum atomic E-state index is 13.4.